The molecule has 2 aliphatic rings. The summed E-state index contributed by atoms with van der Waals surface area (Å²) in [4.78, 5) is 65.7. The molecule has 1 fully saturated rings. The molecule has 1 saturated carbocycles. The van der Waals surface area contributed by atoms with E-state index in [0.29, 0.717) is 342 Å². The Balaban J connectivity index is 0.546. The number of alkyl carbamates (subject to hydrolysis) is 1. The van der Waals surface area contributed by atoms with Crippen LogP contribution in [0.3, 0.4) is 0 Å². The Morgan fingerprint density at radius 2 is 0.672 bits per heavy atom. The molecule has 0 spiro atoms. The number of fused-ring (bicyclic) bond motifs is 3. The van der Waals surface area contributed by atoms with Gasteiger partial charge in [-0.05, 0) is 92.1 Å². The lowest BCUT2D eigenvalue weighted by Gasteiger charge is -2.31. The Labute approximate surface area is 783 Å². The normalized spacial score (nSPS) is 13.2. The molecule has 1 atom stereocenters. The largest absolute Gasteiger partial charge is 0.458 e. The second-order valence-electron chi connectivity index (χ2n) is 30.8. The van der Waals surface area contributed by atoms with Gasteiger partial charge in [0, 0.05) is 37.5 Å². The molecule has 0 saturated heterocycles. The van der Waals surface area contributed by atoms with Gasteiger partial charge in [-0.3, -0.25) is 14.4 Å². The number of nitrogens with one attached hydrogen (secondary N) is 4. The number of amides is 4. The number of hydrogen-bond donors (Lipinski definition) is 4. The minimum absolute atomic E-state index is 0.0218. The molecule has 2 aliphatic carbocycles. The van der Waals surface area contributed by atoms with E-state index in [9.17, 15) is 24.0 Å². The highest BCUT2D eigenvalue weighted by atomic mass is 35.5. The quantitative estimate of drug-likeness (QED) is 0.0236. The highest BCUT2D eigenvalue weighted by Gasteiger charge is 2.43. The fourth-order valence-electron chi connectivity index (χ4n) is 13.1. The van der Waals surface area contributed by atoms with E-state index < -0.39 is 35.0 Å². The lowest BCUT2D eigenvalue weighted by atomic mass is 9.81. The number of hydrogen-bond acceptors (Lipinski definition) is 31. The summed E-state index contributed by atoms with van der Waals surface area (Å²) in [6.07, 6.45) is 3.20. The van der Waals surface area contributed by atoms with Gasteiger partial charge in [0.2, 0.25) is 11.8 Å². The number of rotatable bonds is 87. The van der Waals surface area contributed by atoms with Crippen LogP contribution in [0.25, 0.3) is 11.1 Å². The van der Waals surface area contributed by atoms with Crippen molar-refractivity contribution in [3.05, 3.63) is 123 Å². The maximum Gasteiger partial charge on any atom is 0.407 e. The fourth-order valence-corrected chi connectivity index (χ4v) is 13.7. The van der Waals surface area contributed by atoms with E-state index in [1.54, 1.807) is 63.2 Å². The summed E-state index contributed by atoms with van der Waals surface area (Å²) < 4.78 is 145. The summed E-state index contributed by atoms with van der Waals surface area (Å²) in [5.74, 6) is -1.45. The molecule has 0 aromatic heterocycles. The van der Waals surface area contributed by atoms with E-state index in [2.05, 4.69) is 45.5 Å². The van der Waals surface area contributed by atoms with Crippen LogP contribution in [0.1, 0.15) is 92.3 Å². The molecule has 0 bridgehead atoms. The molecule has 4 aromatic rings. The molecule has 37 heteroatoms. The van der Waals surface area contributed by atoms with Crippen LogP contribution in [0.2, 0.25) is 10.0 Å². The summed E-state index contributed by atoms with van der Waals surface area (Å²) in [6.45, 7) is 27.4. The van der Waals surface area contributed by atoms with Gasteiger partial charge in [-0.15, -0.1) is 0 Å². The highest BCUT2D eigenvalue weighted by molar-refractivity contribution is 6.40. The third-order valence-corrected chi connectivity index (χ3v) is 20.3. The van der Waals surface area contributed by atoms with Crippen molar-refractivity contribution < 1.29 is 147 Å². The first kappa shape index (κ1) is 113. The molecular weight excluding hydrogens is 1750 g/mol. The lowest BCUT2D eigenvalue weighted by Crippen LogP contribution is -2.51. The topological polar surface area (TPSA) is 373 Å². The molecule has 4 aromatic carbocycles. The minimum Gasteiger partial charge on any atom is -0.458 e. The standard InChI is InChI=1S/C94H146Cl2N4O31/c1-93(2,3)131-90(103)86(75-77-17-19-78(20-18-77)99-89(102)88-84(95)15-10-16-85(88)96)100-91(104)94(22-8-9-23-94)24-25-97-87(101)21-27-106-29-31-108-33-35-110-37-39-112-41-43-114-45-47-116-49-51-118-53-55-120-57-59-122-61-63-124-65-67-126-69-71-128-73-74-129-72-70-127-68-66-125-64-62-123-60-58-121-56-54-119-52-50-117-48-46-115-44-42-113-40-38-111-36-34-109-32-30-107-28-26-98-92(105)130-76-83-81-13-6-4-11-79(81)80-12-5-7-14-82(80)83/h4-7,10-20,83,86H,8-9,21-76H2,1-3H3,(H,97,101)(H,98,105)(H,99,102)(H,100,104)/t86-/m0/s1. The van der Waals surface area contributed by atoms with E-state index in [1.165, 1.54) is 22.3 Å². The summed E-state index contributed by atoms with van der Waals surface area (Å²) in [6, 6.07) is 27.3. The Morgan fingerprint density at radius 3 is 0.992 bits per heavy atom. The van der Waals surface area contributed by atoms with Gasteiger partial charge in [0.1, 0.15) is 18.2 Å². The molecule has 4 amide bonds. The SMILES string of the molecule is CC(C)(C)OC(=O)[C@H](Cc1ccc(NC(=O)c2c(Cl)cccc2Cl)cc1)NC(=O)C1(CCNC(=O)CCOCCOCCOCCOCCOCCOCCOCCOCCOCCOCCOCCOCCOCCOCCOCCOCCOCCOCCOCCOCCOCCOCCOCCOCCNC(=O)OCC2c3ccccc3-c3ccccc32)CCCC1. The van der Waals surface area contributed by atoms with Crippen LogP contribution in [-0.4, -0.2) is 378 Å². The van der Waals surface area contributed by atoms with Crippen molar-refractivity contribution in [2.75, 3.05) is 342 Å². The first-order chi connectivity index (χ1) is 64.2. The van der Waals surface area contributed by atoms with Crippen molar-refractivity contribution in [3.63, 3.8) is 0 Å². The molecule has 0 unspecified atom stereocenters. The Morgan fingerprint density at radius 1 is 0.366 bits per heavy atom. The molecule has 131 heavy (non-hydrogen) atoms. The Hall–Kier alpha value is -6.35. The van der Waals surface area contributed by atoms with Crippen LogP contribution in [0.4, 0.5) is 10.5 Å². The monoisotopic (exact) mass is 1900 g/mol. The summed E-state index contributed by atoms with van der Waals surface area (Å²) in [5, 5.41) is 11.9. The van der Waals surface area contributed by atoms with Gasteiger partial charge in [-0.25, -0.2) is 9.59 Å². The van der Waals surface area contributed by atoms with E-state index >= 15 is 0 Å². The second kappa shape index (κ2) is 75.8. The van der Waals surface area contributed by atoms with Crippen LogP contribution in [0.15, 0.2) is 91.0 Å². The zero-order valence-corrected chi connectivity index (χ0v) is 78.8. The van der Waals surface area contributed by atoms with Crippen LogP contribution in [0, 0.1) is 5.41 Å². The van der Waals surface area contributed by atoms with Crippen molar-refractivity contribution in [3.8, 4) is 11.1 Å². The minimum atomic E-state index is -0.983. The predicted octanol–water partition coefficient (Wildman–Crippen LogP) is 9.01. The van der Waals surface area contributed by atoms with Gasteiger partial charge in [0.05, 0.1) is 338 Å². The average Bonchev–Trinajstić information content (AvgIpc) is 1.62. The van der Waals surface area contributed by atoms with Gasteiger partial charge in [-0.1, -0.05) is 103 Å². The third kappa shape index (κ3) is 55.5. The number of carbonyl (C=O) groups is 5. The third-order valence-electron chi connectivity index (χ3n) is 19.7. The molecule has 742 valence electrons. The number of anilines is 1. The van der Waals surface area contributed by atoms with Gasteiger partial charge in [0.25, 0.3) is 5.91 Å². The van der Waals surface area contributed by atoms with E-state index in [1.807, 2.05) is 24.3 Å². The number of esters is 1. The number of carbonyl (C=O) groups excluding carboxylic acids is 5. The smallest absolute Gasteiger partial charge is 0.407 e. The maximum absolute atomic E-state index is 14.1. The summed E-state index contributed by atoms with van der Waals surface area (Å²) in [5.41, 5.74) is 4.57. The predicted molar refractivity (Wildman–Crippen MR) is 488 cm³/mol. The fraction of sp³-hybridized carbons (Fsp3) is 0.691. The van der Waals surface area contributed by atoms with E-state index in [4.69, 9.17) is 146 Å². The van der Waals surface area contributed by atoms with Crippen molar-refractivity contribution in [1.29, 1.82) is 0 Å². The lowest BCUT2D eigenvalue weighted by molar-refractivity contribution is -0.159. The van der Waals surface area contributed by atoms with Gasteiger partial charge in [0.15, 0.2) is 0 Å². The van der Waals surface area contributed by atoms with Crippen LogP contribution < -0.4 is 21.3 Å². The Bertz CT molecular complexity index is 3490. The molecule has 0 heterocycles. The molecule has 6 rings (SSSR count). The molecule has 35 nitrogen and oxygen atoms in total. The number of halogens is 2. The van der Waals surface area contributed by atoms with Gasteiger partial charge >= 0.3 is 12.1 Å². The van der Waals surface area contributed by atoms with Crippen molar-refractivity contribution >= 4 is 58.7 Å². The summed E-state index contributed by atoms with van der Waals surface area (Å²) in [7, 11) is 0. The number of benzene rings is 4. The van der Waals surface area contributed by atoms with Crippen LogP contribution >= 0.6 is 23.2 Å². The number of ether oxygens (including phenoxy) is 26. The maximum atomic E-state index is 14.1. The van der Waals surface area contributed by atoms with E-state index in [0.717, 1.165) is 18.4 Å². The first-order valence-corrected chi connectivity index (χ1v) is 46.6. The molecule has 4 N–H and O–H groups in total. The van der Waals surface area contributed by atoms with Crippen molar-refractivity contribution in [1.82, 2.24) is 16.0 Å². The van der Waals surface area contributed by atoms with Crippen LogP contribution in [0.5, 0.6) is 0 Å². The van der Waals surface area contributed by atoms with Crippen molar-refractivity contribution in [2.45, 2.75) is 83.3 Å². The molecular formula is C94H146Cl2N4O31. The zero-order valence-electron chi connectivity index (χ0n) is 77.2. The zero-order chi connectivity index (χ0) is 93.1. The van der Waals surface area contributed by atoms with Gasteiger partial charge < -0.3 is 144 Å². The second-order valence-corrected chi connectivity index (χ2v) is 31.6. The van der Waals surface area contributed by atoms with Crippen LogP contribution in [-0.2, 0) is 144 Å². The highest BCUT2D eigenvalue weighted by Crippen LogP contribution is 2.45. The Kier molecular flexibility index (Phi) is 65.6. The average molecular weight is 1900 g/mol. The molecule has 0 aliphatic heterocycles. The van der Waals surface area contributed by atoms with Gasteiger partial charge in [-0.2, -0.15) is 0 Å². The van der Waals surface area contributed by atoms with E-state index in [-0.39, 0.29) is 65.9 Å². The van der Waals surface area contributed by atoms with Crippen molar-refractivity contribution in [2.24, 2.45) is 5.41 Å². The first-order valence-electron chi connectivity index (χ1n) is 45.8. The molecule has 0 radical (unpaired) electrons. The summed E-state index contributed by atoms with van der Waals surface area (Å²) >= 11 is 12.5.